The molecule has 2 unspecified atom stereocenters. The molecule has 2 atom stereocenters. The molecule has 1 aliphatic heterocycles. The summed E-state index contributed by atoms with van der Waals surface area (Å²) in [5.41, 5.74) is 3.22. The van der Waals surface area contributed by atoms with Gasteiger partial charge in [0.05, 0.1) is 11.1 Å². The molecule has 0 radical (unpaired) electrons. The Morgan fingerprint density at radius 3 is 1.87 bits per heavy atom. The largest absolute Gasteiger partial charge is 0.452 e. The van der Waals surface area contributed by atoms with E-state index in [9.17, 15) is 14.4 Å². The van der Waals surface area contributed by atoms with Gasteiger partial charge in [0.25, 0.3) is 0 Å². The van der Waals surface area contributed by atoms with Gasteiger partial charge in [-0.2, -0.15) is 0 Å². The molecule has 7 heteroatoms. The number of carbonyl (C=O) groups is 3. The first-order valence-electron chi connectivity index (χ1n) is 12.9. The first-order valence-corrected chi connectivity index (χ1v) is 13.9. The minimum absolute atomic E-state index is 0.00401. The van der Waals surface area contributed by atoms with Crippen LogP contribution in [0.25, 0.3) is 0 Å². The lowest BCUT2D eigenvalue weighted by Gasteiger charge is -2.31. The molecule has 198 valence electrons. The van der Waals surface area contributed by atoms with E-state index in [1.54, 1.807) is 48.5 Å². The lowest BCUT2D eigenvalue weighted by molar-refractivity contribution is -0.122. The predicted octanol–water partition coefficient (Wildman–Crippen LogP) is 6.28. The second-order valence-corrected chi connectivity index (χ2v) is 11.1. The minimum atomic E-state index is -0.818. The van der Waals surface area contributed by atoms with Gasteiger partial charge in [0, 0.05) is 12.3 Å². The third kappa shape index (κ3) is 6.27. The van der Waals surface area contributed by atoms with E-state index < -0.39 is 23.3 Å². The third-order valence-corrected chi connectivity index (χ3v) is 7.68. The molecule has 0 spiro atoms. The highest BCUT2D eigenvalue weighted by Gasteiger charge is 2.37. The van der Waals surface area contributed by atoms with Gasteiger partial charge in [-0.25, -0.2) is 9.59 Å². The summed E-state index contributed by atoms with van der Waals surface area (Å²) in [5.74, 6) is 0.151. The fourth-order valence-corrected chi connectivity index (χ4v) is 5.48. The molecule has 1 N–H and O–H groups in total. The van der Waals surface area contributed by atoms with E-state index in [2.05, 4.69) is 5.32 Å². The smallest absolute Gasteiger partial charge is 0.343 e. The van der Waals surface area contributed by atoms with Gasteiger partial charge < -0.3 is 14.8 Å². The molecule has 1 fully saturated rings. The molecule has 3 aromatic carbocycles. The Hall–Kier alpha value is -3.58. The summed E-state index contributed by atoms with van der Waals surface area (Å²) in [6.07, 6.45) is -0.818. The van der Waals surface area contributed by atoms with Gasteiger partial charge in [-0.15, -0.1) is 11.8 Å². The average molecular weight is 532 g/mol. The van der Waals surface area contributed by atoms with Gasteiger partial charge in [-0.3, -0.25) is 4.79 Å². The number of amides is 1. The minimum Gasteiger partial charge on any atom is -0.452 e. The van der Waals surface area contributed by atoms with Crippen LogP contribution in [0.4, 0.5) is 0 Å². The maximum absolute atomic E-state index is 13.2. The average Bonchev–Trinajstić information content (AvgIpc) is 2.93. The van der Waals surface area contributed by atoms with E-state index in [1.807, 2.05) is 52.0 Å². The van der Waals surface area contributed by atoms with Crippen molar-refractivity contribution in [3.8, 4) is 5.75 Å². The molecule has 0 aliphatic carbocycles. The Labute approximate surface area is 228 Å². The van der Waals surface area contributed by atoms with Gasteiger partial charge in [0.15, 0.2) is 0 Å². The van der Waals surface area contributed by atoms with Crippen LogP contribution in [0.2, 0.25) is 0 Å². The van der Waals surface area contributed by atoms with Crippen LogP contribution >= 0.6 is 11.8 Å². The second kappa shape index (κ2) is 12.3. The van der Waals surface area contributed by atoms with Gasteiger partial charge >= 0.3 is 11.9 Å². The van der Waals surface area contributed by atoms with Gasteiger partial charge in [-0.1, -0.05) is 64.1 Å². The SMILES string of the molecule is CC(C)c1cc(C(OC(=O)c2ccccc2)C2SCCNC2=O)cc(C(C)C)c1OC(=O)c1ccccc1. The molecular weight excluding hydrogens is 498 g/mol. The molecule has 0 aromatic heterocycles. The normalized spacial score (nSPS) is 16.2. The van der Waals surface area contributed by atoms with Crippen molar-refractivity contribution in [3.05, 3.63) is 101 Å². The van der Waals surface area contributed by atoms with Crippen LogP contribution in [0, 0.1) is 0 Å². The molecular formula is C31H33NO5S. The van der Waals surface area contributed by atoms with Crippen LogP contribution < -0.4 is 10.1 Å². The Bertz CT molecular complexity index is 1260. The van der Waals surface area contributed by atoms with E-state index >= 15 is 0 Å². The van der Waals surface area contributed by atoms with E-state index in [1.165, 1.54) is 11.8 Å². The lowest BCUT2D eigenvalue weighted by Crippen LogP contribution is -2.43. The maximum atomic E-state index is 13.2. The van der Waals surface area contributed by atoms with E-state index in [0.717, 1.165) is 16.9 Å². The summed E-state index contributed by atoms with van der Waals surface area (Å²) >= 11 is 1.48. The van der Waals surface area contributed by atoms with Crippen LogP contribution in [-0.4, -0.2) is 35.4 Å². The second-order valence-electron chi connectivity index (χ2n) is 9.87. The van der Waals surface area contributed by atoms with E-state index in [-0.39, 0.29) is 17.7 Å². The van der Waals surface area contributed by atoms with Gasteiger partial charge in [0.1, 0.15) is 17.1 Å². The number of benzene rings is 3. The number of hydrogen-bond donors (Lipinski definition) is 1. The van der Waals surface area contributed by atoms with Crippen molar-refractivity contribution in [1.82, 2.24) is 5.32 Å². The van der Waals surface area contributed by atoms with E-state index in [4.69, 9.17) is 9.47 Å². The third-order valence-electron chi connectivity index (χ3n) is 6.42. The summed E-state index contributed by atoms with van der Waals surface area (Å²) in [5, 5.41) is 2.30. The van der Waals surface area contributed by atoms with Crippen LogP contribution in [0.15, 0.2) is 72.8 Å². The Morgan fingerprint density at radius 2 is 1.37 bits per heavy atom. The Morgan fingerprint density at radius 1 is 0.842 bits per heavy atom. The summed E-state index contributed by atoms with van der Waals surface area (Å²) in [6, 6.07) is 21.5. The summed E-state index contributed by atoms with van der Waals surface area (Å²) in [7, 11) is 0. The molecule has 1 aliphatic rings. The van der Waals surface area contributed by atoms with Gasteiger partial charge in [0.2, 0.25) is 5.91 Å². The van der Waals surface area contributed by atoms with Crippen molar-refractivity contribution in [3.63, 3.8) is 0 Å². The quantitative estimate of drug-likeness (QED) is 0.272. The standard InChI is InChI=1S/C31H33NO5S/c1-19(2)24-17-23(18-25(20(3)4)27(24)37-31(35)22-13-9-6-10-14-22)26(28-29(33)32-15-16-38-28)36-30(34)21-11-7-5-8-12-21/h5-14,17-20,26,28H,15-16H2,1-4H3,(H,32,33). The summed E-state index contributed by atoms with van der Waals surface area (Å²) < 4.78 is 12.1. The van der Waals surface area contributed by atoms with Crippen molar-refractivity contribution in [2.24, 2.45) is 0 Å². The summed E-state index contributed by atoms with van der Waals surface area (Å²) in [6.45, 7) is 8.67. The zero-order valence-corrected chi connectivity index (χ0v) is 22.9. The lowest BCUT2D eigenvalue weighted by atomic mass is 9.89. The molecule has 0 bridgehead atoms. The fraction of sp³-hybridized carbons (Fsp3) is 0.323. The Balaban J connectivity index is 1.79. The first-order chi connectivity index (χ1) is 18.3. The monoisotopic (exact) mass is 531 g/mol. The number of thioether (sulfide) groups is 1. The maximum Gasteiger partial charge on any atom is 0.343 e. The predicted molar refractivity (Wildman–Crippen MR) is 150 cm³/mol. The van der Waals surface area contributed by atoms with E-state index in [0.29, 0.717) is 29.0 Å². The molecule has 3 aromatic rings. The molecule has 0 saturated carbocycles. The number of esters is 2. The van der Waals surface area contributed by atoms with Crippen LogP contribution in [0.3, 0.4) is 0 Å². The topological polar surface area (TPSA) is 81.7 Å². The van der Waals surface area contributed by atoms with Crippen molar-refractivity contribution in [2.45, 2.75) is 50.9 Å². The highest BCUT2D eigenvalue weighted by atomic mass is 32.2. The molecule has 1 saturated heterocycles. The highest BCUT2D eigenvalue weighted by Crippen LogP contribution is 2.41. The molecule has 1 heterocycles. The number of rotatable bonds is 8. The van der Waals surface area contributed by atoms with Crippen molar-refractivity contribution >= 4 is 29.6 Å². The fourth-order valence-electron chi connectivity index (χ4n) is 4.39. The Kier molecular flexibility index (Phi) is 8.89. The zero-order chi connectivity index (χ0) is 27.2. The molecule has 1 amide bonds. The number of nitrogens with one attached hydrogen (secondary N) is 1. The highest BCUT2D eigenvalue weighted by molar-refractivity contribution is 8.00. The van der Waals surface area contributed by atoms with Gasteiger partial charge in [-0.05, 0) is 64.9 Å². The van der Waals surface area contributed by atoms with Crippen molar-refractivity contribution in [1.29, 1.82) is 0 Å². The number of carbonyl (C=O) groups excluding carboxylic acids is 3. The number of hydrogen-bond acceptors (Lipinski definition) is 6. The van der Waals surface area contributed by atoms with Crippen molar-refractivity contribution in [2.75, 3.05) is 12.3 Å². The molecule has 38 heavy (non-hydrogen) atoms. The first kappa shape index (κ1) is 27.5. The van der Waals surface area contributed by atoms with Crippen LogP contribution in [0.5, 0.6) is 5.75 Å². The zero-order valence-electron chi connectivity index (χ0n) is 22.1. The van der Waals surface area contributed by atoms with Crippen LogP contribution in [-0.2, 0) is 9.53 Å². The summed E-state index contributed by atoms with van der Waals surface area (Å²) in [4.78, 5) is 39.1. The van der Waals surface area contributed by atoms with Crippen LogP contribution in [0.1, 0.15) is 83.0 Å². The molecule has 4 rings (SSSR count). The van der Waals surface area contributed by atoms with Crippen molar-refractivity contribution < 1.29 is 23.9 Å². The molecule has 6 nitrogen and oxygen atoms in total. The number of ether oxygens (including phenoxy) is 2.